The van der Waals surface area contributed by atoms with Gasteiger partial charge >= 0.3 is 0 Å². The Morgan fingerprint density at radius 3 is 3.06 bits per heavy atom. The van der Waals surface area contributed by atoms with Crippen LogP contribution < -0.4 is 4.74 Å². The molecule has 3 heterocycles. The predicted molar refractivity (Wildman–Crippen MR) is 69.3 cm³/mol. The van der Waals surface area contributed by atoms with E-state index in [0.29, 0.717) is 12.4 Å². The van der Waals surface area contributed by atoms with Crippen molar-refractivity contribution in [3.05, 3.63) is 53.3 Å². The Labute approximate surface area is 112 Å². The molecule has 0 radical (unpaired) electrons. The SMILES string of the molecule is Brc1cnc2nc(COc3cccnc3)cn2c1. The topological polar surface area (TPSA) is 52.3 Å². The van der Waals surface area contributed by atoms with Gasteiger partial charge in [-0.25, -0.2) is 9.97 Å². The molecule has 0 bridgehead atoms. The molecule has 5 nitrogen and oxygen atoms in total. The largest absolute Gasteiger partial charge is 0.486 e. The number of pyridine rings is 1. The summed E-state index contributed by atoms with van der Waals surface area (Å²) in [5.41, 5.74) is 0.824. The van der Waals surface area contributed by atoms with E-state index in [9.17, 15) is 0 Å². The van der Waals surface area contributed by atoms with Crippen LogP contribution in [0.25, 0.3) is 5.78 Å². The number of aromatic nitrogens is 4. The summed E-state index contributed by atoms with van der Waals surface area (Å²) in [7, 11) is 0. The first-order chi connectivity index (χ1) is 8.81. The molecule has 0 unspecified atom stereocenters. The van der Waals surface area contributed by atoms with Crippen molar-refractivity contribution in [2.24, 2.45) is 0 Å². The van der Waals surface area contributed by atoms with Crippen LogP contribution in [0.4, 0.5) is 0 Å². The Hall–Kier alpha value is -1.95. The zero-order chi connectivity index (χ0) is 12.4. The van der Waals surface area contributed by atoms with Gasteiger partial charge in [-0.1, -0.05) is 0 Å². The second kappa shape index (κ2) is 4.73. The molecule has 0 atom stereocenters. The summed E-state index contributed by atoms with van der Waals surface area (Å²) in [6.45, 7) is 0.396. The zero-order valence-electron chi connectivity index (χ0n) is 9.32. The molecule has 0 spiro atoms. The summed E-state index contributed by atoms with van der Waals surface area (Å²) in [6.07, 6.45) is 8.89. The lowest BCUT2D eigenvalue weighted by Gasteiger charge is -2.01. The first kappa shape index (κ1) is 11.2. The maximum absolute atomic E-state index is 5.57. The Bertz CT molecular complexity index is 668. The number of hydrogen-bond donors (Lipinski definition) is 0. The molecule has 0 aliphatic heterocycles. The Morgan fingerprint density at radius 2 is 2.22 bits per heavy atom. The van der Waals surface area contributed by atoms with Gasteiger partial charge in [-0.05, 0) is 28.1 Å². The summed E-state index contributed by atoms with van der Waals surface area (Å²) in [4.78, 5) is 12.5. The minimum Gasteiger partial charge on any atom is -0.486 e. The summed E-state index contributed by atoms with van der Waals surface area (Å²) >= 11 is 3.37. The highest BCUT2D eigenvalue weighted by Crippen LogP contribution is 2.12. The van der Waals surface area contributed by atoms with Crippen molar-refractivity contribution in [2.75, 3.05) is 0 Å². The fraction of sp³-hybridized carbons (Fsp3) is 0.0833. The van der Waals surface area contributed by atoms with Gasteiger partial charge < -0.3 is 4.74 Å². The molecule has 18 heavy (non-hydrogen) atoms. The summed E-state index contributed by atoms with van der Waals surface area (Å²) < 4.78 is 8.34. The molecule has 0 N–H and O–H groups in total. The van der Waals surface area contributed by atoms with Gasteiger partial charge in [0.25, 0.3) is 0 Å². The molecule has 3 aromatic heterocycles. The van der Waals surface area contributed by atoms with Crippen LogP contribution in [0.2, 0.25) is 0 Å². The first-order valence-electron chi connectivity index (χ1n) is 5.33. The number of imidazole rings is 1. The third kappa shape index (κ3) is 2.33. The van der Waals surface area contributed by atoms with E-state index >= 15 is 0 Å². The number of ether oxygens (including phenoxy) is 1. The van der Waals surface area contributed by atoms with E-state index in [1.54, 1.807) is 18.6 Å². The fourth-order valence-electron chi connectivity index (χ4n) is 1.57. The van der Waals surface area contributed by atoms with E-state index in [4.69, 9.17) is 4.74 Å². The van der Waals surface area contributed by atoms with Crippen molar-refractivity contribution >= 4 is 21.7 Å². The van der Waals surface area contributed by atoms with Crippen molar-refractivity contribution in [3.63, 3.8) is 0 Å². The molecule has 3 rings (SSSR count). The number of fused-ring (bicyclic) bond motifs is 1. The quantitative estimate of drug-likeness (QED) is 0.746. The highest BCUT2D eigenvalue weighted by Gasteiger charge is 2.03. The van der Waals surface area contributed by atoms with Gasteiger partial charge in [-0.2, -0.15) is 0 Å². The number of nitrogens with zero attached hydrogens (tertiary/aromatic N) is 4. The maximum Gasteiger partial charge on any atom is 0.234 e. The van der Waals surface area contributed by atoms with Gasteiger partial charge in [0.15, 0.2) is 0 Å². The van der Waals surface area contributed by atoms with Gasteiger partial charge in [-0.15, -0.1) is 0 Å². The van der Waals surface area contributed by atoms with Crippen molar-refractivity contribution in [2.45, 2.75) is 6.61 Å². The van der Waals surface area contributed by atoms with Crippen LogP contribution in [-0.2, 0) is 6.61 Å². The average molecular weight is 305 g/mol. The van der Waals surface area contributed by atoms with E-state index in [0.717, 1.165) is 15.9 Å². The lowest BCUT2D eigenvalue weighted by Crippen LogP contribution is -1.95. The van der Waals surface area contributed by atoms with Crippen molar-refractivity contribution in [3.8, 4) is 5.75 Å². The lowest BCUT2D eigenvalue weighted by molar-refractivity contribution is 0.301. The van der Waals surface area contributed by atoms with E-state index in [1.165, 1.54) is 0 Å². The minimum atomic E-state index is 0.396. The summed E-state index contributed by atoms with van der Waals surface area (Å²) in [5, 5.41) is 0. The standard InChI is InChI=1S/C12H9BrN4O/c13-9-4-15-12-16-10(7-17(12)6-9)8-18-11-2-1-3-14-5-11/h1-7H,8H2. The second-order valence-electron chi connectivity index (χ2n) is 3.69. The fourth-order valence-corrected chi connectivity index (χ4v) is 1.89. The van der Waals surface area contributed by atoms with Crippen LogP contribution in [0.5, 0.6) is 5.75 Å². The van der Waals surface area contributed by atoms with Crippen LogP contribution in [0.3, 0.4) is 0 Å². The smallest absolute Gasteiger partial charge is 0.234 e. The molecule has 0 saturated heterocycles. The monoisotopic (exact) mass is 304 g/mol. The van der Waals surface area contributed by atoms with Crippen LogP contribution in [0, 0.1) is 0 Å². The van der Waals surface area contributed by atoms with Crippen molar-refractivity contribution in [1.29, 1.82) is 0 Å². The molecule has 0 aromatic carbocycles. The predicted octanol–water partition coefficient (Wildman–Crippen LogP) is 2.47. The number of halogens is 1. The van der Waals surface area contributed by atoms with Gasteiger partial charge in [-0.3, -0.25) is 9.38 Å². The molecular weight excluding hydrogens is 296 g/mol. The first-order valence-corrected chi connectivity index (χ1v) is 6.12. The Morgan fingerprint density at radius 1 is 1.28 bits per heavy atom. The van der Waals surface area contributed by atoms with Crippen LogP contribution in [-0.4, -0.2) is 19.4 Å². The molecule has 0 aliphatic rings. The molecule has 90 valence electrons. The number of rotatable bonds is 3. The van der Waals surface area contributed by atoms with Crippen molar-refractivity contribution in [1.82, 2.24) is 19.4 Å². The van der Waals surface area contributed by atoms with Gasteiger partial charge in [0.1, 0.15) is 12.4 Å². The number of hydrogen-bond acceptors (Lipinski definition) is 4. The molecule has 0 aliphatic carbocycles. The molecular formula is C12H9BrN4O. The molecule has 0 amide bonds. The summed E-state index contributed by atoms with van der Waals surface area (Å²) in [6, 6.07) is 3.69. The normalized spacial score (nSPS) is 10.7. The second-order valence-corrected chi connectivity index (χ2v) is 4.60. The summed E-state index contributed by atoms with van der Waals surface area (Å²) in [5.74, 6) is 1.38. The average Bonchev–Trinajstić information content (AvgIpc) is 2.79. The van der Waals surface area contributed by atoms with Crippen LogP contribution in [0.15, 0.2) is 47.6 Å². The van der Waals surface area contributed by atoms with Gasteiger partial charge in [0.2, 0.25) is 5.78 Å². The minimum absolute atomic E-state index is 0.396. The zero-order valence-corrected chi connectivity index (χ0v) is 10.9. The molecule has 6 heteroatoms. The van der Waals surface area contributed by atoms with Gasteiger partial charge in [0.05, 0.1) is 16.4 Å². The van der Waals surface area contributed by atoms with Crippen molar-refractivity contribution < 1.29 is 4.74 Å². The van der Waals surface area contributed by atoms with E-state index in [1.807, 2.05) is 28.9 Å². The third-order valence-electron chi connectivity index (χ3n) is 2.35. The lowest BCUT2D eigenvalue weighted by atomic mass is 10.4. The van der Waals surface area contributed by atoms with Crippen LogP contribution >= 0.6 is 15.9 Å². The Kier molecular flexibility index (Phi) is 2.93. The maximum atomic E-state index is 5.57. The molecule has 0 fully saturated rings. The van der Waals surface area contributed by atoms with E-state index < -0.39 is 0 Å². The van der Waals surface area contributed by atoms with Crippen LogP contribution in [0.1, 0.15) is 5.69 Å². The highest BCUT2D eigenvalue weighted by molar-refractivity contribution is 9.10. The molecule has 3 aromatic rings. The third-order valence-corrected chi connectivity index (χ3v) is 2.76. The van der Waals surface area contributed by atoms with Gasteiger partial charge in [0, 0.05) is 24.8 Å². The van der Waals surface area contributed by atoms with E-state index in [-0.39, 0.29) is 0 Å². The highest BCUT2D eigenvalue weighted by atomic mass is 79.9. The Balaban J connectivity index is 1.79. The molecule has 0 saturated carbocycles. The van der Waals surface area contributed by atoms with E-state index in [2.05, 4.69) is 30.9 Å².